The van der Waals surface area contributed by atoms with Crippen LogP contribution in [0, 0.1) is 10.1 Å². The number of nitrogens with one attached hydrogen (secondary N) is 1. The van der Waals surface area contributed by atoms with Crippen LogP contribution in [0.4, 0.5) is 5.69 Å². The summed E-state index contributed by atoms with van der Waals surface area (Å²) in [7, 11) is -2.49. The van der Waals surface area contributed by atoms with Crippen molar-refractivity contribution in [2.45, 2.75) is 17.4 Å². The minimum Gasteiger partial charge on any atom is -0.495 e. The number of piperazine rings is 1. The summed E-state index contributed by atoms with van der Waals surface area (Å²) in [5.74, 6) is 0.122. The van der Waals surface area contributed by atoms with Gasteiger partial charge in [-0.15, -0.1) is 0 Å². The van der Waals surface area contributed by atoms with E-state index in [9.17, 15) is 18.5 Å². The van der Waals surface area contributed by atoms with Gasteiger partial charge in [0, 0.05) is 57.4 Å². The lowest BCUT2D eigenvalue weighted by Crippen LogP contribution is -2.49. The second kappa shape index (κ2) is 7.24. The van der Waals surface area contributed by atoms with E-state index in [4.69, 9.17) is 4.74 Å². The summed E-state index contributed by atoms with van der Waals surface area (Å²) < 4.78 is 32.5. The summed E-state index contributed by atoms with van der Waals surface area (Å²) in [4.78, 5) is 12.6. The van der Waals surface area contributed by atoms with Crippen LogP contribution < -0.4 is 10.1 Å². The fourth-order valence-electron chi connectivity index (χ4n) is 3.39. The summed E-state index contributed by atoms with van der Waals surface area (Å²) in [5, 5.41) is 14.3. The Hall–Kier alpha value is -1.75. The predicted molar refractivity (Wildman–Crippen MR) is 91.3 cm³/mol. The van der Waals surface area contributed by atoms with Crippen molar-refractivity contribution in [2.75, 3.05) is 46.4 Å². The lowest BCUT2D eigenvalue weighted by Gasteiger charge is -2.32. The van der Waals surface area contributed by atoms with Crippen LogP contribution in [0.5, 0.6) is 5.75 Å². The molecule has 0 bridgehead atoms. The van der Waals surface area contributed by atoms with Gasteiger partial charge in [-0.3, -0.25) is 15.0 Å². The second-order valence-corrected chi connectivity index (χ2v) is 8.09. The molecule has 1 aromatic carbocycles. The van der Waals surface area contributed by atoms with E-state index < -0.39 is 14.9 Å². The molecular formula is C15H22N4O5S. The quantitative estimate of drug-likeness (QED) is 0.586. The van der Waals surface area contributed by atoms with Crippen molar-refractivity contribution >= 4 is 15.7 Å². The largest absolute Gasteiger partial charge is 0.495 e. The van der Waals surface area contributed by atoms with E-state index in [2.05, 4.69) is 10.2 Å². The molecule has 1 N–H and O–H groups in total. The van der Waals surface area contributed by atoms with Crippen LogP contribution in [0.1, 0.15) is 6.42 Å². The normalized spacial score (nSPS) is 22.8. The lowest BCUT2D eigenvalue weighted by molar-refractivity contribution is -0.385. The van der Waals surface area contributed by atoms with E-state index in [0.29, 0.717) is 13.1 Å². The number of nitro groups is 1. The maximum absolute atomic E-state index is 13.0. The number of ether oxygens (including phenoxy) is 1. The first kappa shape index (κ1) is 18.1. The number of methoxy groups -OCH3 is 1. The molecule has 2 aliphatic heterocycles. The number of sulfonamides is 1. The molecule has 9 nitrogen and oxygen atoms in total. The molecule has 0 radical (unpaired) electrons. The van der Waals surface area contributed by atoms with E-state index in [1.807, 2.05) is 0 Å². The summed E-state index contributed by atoms with van der Waals surface area (Å²) in [6.07, 6.45) is 0.760. The first-order chi connectivity index (χ1) is 11.9. The van der Waals surface area contributed by atoms with Gasteiger partial charge in [-0.05, 0) is 12.5 Å². The van der Waals surface area contributed by atoms with Crippen LogP contribution in [0.2, 0.25) is 0 Å². The average Bonchev–Trinajstić information content (AvgIpc) is 3.13. The summed E-state index contributed by atoms with van der Waals surface area (Å²) >= 11 is 0. The van der Waals surface area contributed by atoms with E-state index in [-0.39, 0.29) is 22.4 Å². The highest BCUT2D eigenvalue weighted by molar-refractivity contribution is 7.89. The maximum atomic E-state index is 13.0. The van der Waals surface area contributed by atoms with Crippen LogP contribution in [0.25, 0.3) is 0 Å². The molecule has 25 heavy (non-hydrogen) atoms. The monoisotopic (exact) mass is 370 g/mol. The van der Waals surface area contributed by atoms with Gasteiger partial charge in [0.25, 0.3) is 5.69 Å². The van der Waals surface area contributed by atoms with Gasteiger partial charge in [0.15, 0.2) is 0 Å². The predicted octanol–water partition coefficient (Wildman–Crippen LogP) is 0.272. The molecule has 1 atom stereocenters. The lowest BCUT2D eigenvalue weighted by atomic mass is 10.2. The van der Waals surface area contributed by atoms with E-state index in [1.165, 1.54) is 23.5 Å². The molecular weight excluding hydrogens is 348 g/mol. The molecule has 2 saturated heterocycles. The third-order valence-corrected chi connectivity index (χ3v) is 6.66. The van der Waals surface area contributed by atoms with Gasteiger partial charge >= 0.3 is 0 Å². The van der Waals surface area contributed by atoms with Gasteiger partial charge in [-0.1, -0.05) is 0 Å². The van der Waals surface area contributed by atoms with Crippen molar-refractivity contribution in [1.82, 2.24) is 14.5 Å². The standard InChI is InChI=1S/C15H22N4O5S/c1-24-14-3-2-12(19(20)21)10-15(14)25(22,23)18-7-4-13(11-18)17-8-5-16-6-9-17/h2-3,10,13,16H,4-9,11H2,1H3. The van der Waals surface area contributed by atoms with E-state index >= 15 is 0 Å². The first-order valence-electron chi connectivity index (χ1n) is 8.21. The molecule has 0 aliphatic carbocycles. The third-order valence-electron chi connectivity index (χ3n) is 4.77. The number of hydrogen-bond donors (Lipinski definition) is 1. The minimum atomic E-state index is -3.85. The SMILES string of the molecule is COc1ccc([N+](=O)[O-])cc1S(=O)(=O)N1CCC(N2CCNCC2)C1. The highest BCUT2D eigenvalue weighted by Crippen LogP contribution is 2.32. The first-order valence-corrected chi connectivity index (χ1v) is 9.65. The molecule has 0 saturated carbocycles. The Morgan fingerprint density at radius 2 is 2.00 bits per heavy atom. The summed E-state index contributed by atoms with van der Waals surface area (Å²) in [5.41, 5.74) is -0.266. The summed E-state index contributed by atoms with van der Waals surface area (Å²) in [6, 6.07) is 3.83. The van der Waals surface area contributed by atoms with Gasteiger partial charge in [0.1, 0.15) is 10.6 Å². The molecule has 2 aliphatic rings. The van der Waals surface area contributed by atoms with Crippen LogP contribution in [0.3, 0.4) is 0 Å². The van der Waals surface area contributed by atoms with E-state index in [1.54, 1.807) is 0 Å². The van der Waals surface area contributed by atoms with Crippen LogP contribution in [0.15, 0.2) is 23.1 Å². The number of non-ortho nitro benzene ring substituents is 1. The van der Waals surface area contributed by atoms with Gasteiger partial charge < -0.3 is 10.1 Å². The number of benzene rings is 1. The Bertz CT molecular complexity index is 748. The molecule has 0 spiro atoms. The molecule has 0 amide bonds. The van der Waals surface area contributed by atoms with Gasteiger partial charge in [-0.25, -0.2) is 8.42 Å². The smallest absolute Gasteiger partial charge is 0.271 e. The number of rotatable bonds is 5. The van der Waals surface area contributed by atoms with Crippen molar-refractivity contribution in [3.8, 4) is 5.75 Å². The maximum Gasteiger partial charge on any atom is 0.271 e. The minimum absolute atomic E-state index is 0.122. The highest BCUT2D eigenvalue weighted by atomic mass is 32.2. The topological polar surface area (TPSA) is 105 Å². The van der Waals surface area contributed by atoms with Crippen LogP contribution in [-0.4, -0.2) is 75.0 Å². The number of nitro benzene ring substituents is 1. The Morgan fingerprint density at radius 1 is 1.28 bits per heavy atom. The molecule has 1 unspecified atom stereocenters. The Kier molecular flexibility index (Phi) is 5.23. The van der Waals surface area contributed by atoms with Gasteiger partial charge in [0.2, 0.25) is 10.0 Å². The molecule has 1 aromatic rings. The average molecular weight is 370 g/mol. The summed E-state index contributed by atoms with van der Waals surface area (Å²) in [6.45, 7) is 4.41. The van der Waals surface area contributed by atoms with Crippen molar-refractivity contribution in [1.29, 1.82) is 0 Å². The Balaban J connectivity index is 1.84. The molecule has 0 aromatic heterocycles. The van der Waals surface area contributed by atoms with Crippen molar-refractivity contribution in [2.24, 2.45) is 0 Å². The van der Waals surface area contributed by atoms with Gasteiger partial charge in [-0.2, -0.15) is 4.31 Å². The Morgan fingerprint density at radius 3 is 2.64 bits per heavy atom. The molecule has 2 heterocycles. The third kappa shape index (κ3) is 3.61. The number of hydrogen-bond acceptors (Lipinski definition) is 7. The van der Waals surface area contributed by atoms with Gasteiger partial charge in [0.05, 0.1) is 12.0 Å². The molecule has 3 rings (SSSR count). The Labute approximate surface area is 146 Å². The zero-order valence-corrected chi connectivity index (χ0v) is 14.9. The van der Waals surface area contributed by atoms with Crippen molar-refractivity contribution < 1.29 is 18.1 Å². The van der Waals surface area contributed by atoms with Crippen molar-refractivity contribution in [3.63, 3.8) is 0 Å². The van der Waals surface area contributed by atoms with Crippen molar-refractivity contribution in [3.05, 3.63) is 28.3 Å². The molecule has 10 heteroatoms. The highest BCUT2D eigenvalue weighted by Gasteiger charge is 2.37. The zero-order chi connectivity index (χ0) is 18.0. The molecule has 2 fully saturated rings. The van der Waals surface area contributed by atoms with E-state index in [0.717, 1.165) is 38.7 Å². The van der Waals surface area contributed by atoms with Crippen LogP contribution in [-0.2, 0) is 10.0 Å². The van der Waals surface area contributed by atoms with Crippen LogP contribution >= 0.6 is 0 Å². The fourth-order valence-corrected chi connectivity index (χ4v) is 5.06. The zero-order valence-electron chi connectivity index (χ0n) is 14.1. The second-order valence-electron chi connectivity index (χ2n) is 6.18. The molecule has 138 valence electrons. The fraction of sp³-hybridized carbons (Fsp3) is 0.600. The number of nitrogens with zero attached hydrogens (tertiary/aromatic N) is 3.